The van der Waals surface area contributed by atoms with Gasteiger partial charge in [-0.2, -0.15) is 0 Å². The van der Waals surface area contributed by atoms with Crippen LogP contribution in [0.3, 0.4) is 0 Å². The normalized spacial score (nSPS) is 12.4. The van der Waals surface area contributed by atoms with Crippen molar-refractivity contribution in [1.82, 2.24) is 10.3 Å². The van der Waals surface area contributed by atoms with Crippen molar-refractivity contribution in [3.8, 4) is 0 Å². The van der Waals surface area contributed by atoms with Crippen molar-refractivity contribution in [1.29, 1.82) is 0 Å². The number of benzene rings is 1. The molecular weight excluding hydrogens is 307 g/mol. The predicted molar refractivity (Wildman–Crippen MR) is 78.6 cm³/mol. The fourth-order valence-electron chi connectivity index (χ4n) is 2.15. The first-order chi connectivity index (χ1) is 9.10. The Hall–Kier alpha value is -1.26. The number of nitrogens with one attached hydrogen (secondary N) is 1. The van der Waals surface area contributed by atoms with Crippen LogP contribution in [0.4, 0.5) is 4.39 Å². The molecule has 2 rings (SSSR count). The molecule has 1 N–H and O–H groups in total. The average Bonchev–Trinajstić information content (AvgIpc) is 2.34. The summed E-state index contributed by atoms with van der Waals surface area (Å²) in [7, 11) is 0. The summed E-state index contributed by atoms with van der Waals surface area (Å²) in [6.07, 6.45) is 3.54. The van der Waals surface area contributed by atoms with E-state index in [2.05, 4.69) is 26.2 Å². The van der Waals surface area contributed by atoms with Crippen LogP contribution in [-0.4, -0.2) is 11.5 Å². The molecule has 100 valence electrons. The predicted octanol–water partition coefficient (Wildman–Crippen LogP) is 3.99. The van der Waals surface area contributed by atoms with Gasteiger partial charge in [0.2, 0.25) is 0 Å². The van der Waals surface area contributed by atoms with E-state index < -0.39 is 0 Å². The van der Waals surface area contributed by atoms with E-state index in [1.54, 1.807) is 18.5 Å². The molecule has 2 aromatic rings. The van der Waals surface area contributed by atoms with Crippen LogP contribution < -0.4 is 5.32 Å². The maximum Gasteiger partial charge on any atom is 0.123 e. The van der Waals surface area contributed by atoms with Gasteiger partial charge in [-0.3, -0.25) is 4.98 Å². The Bertz CT molecular complexity index is 552. The number of hydrogen-bond donors (Lipinski definition) is 1. The van der Waals surface area contributed by atoms with E-state index in [9.17, 15) is 4.39 Å². The van der Waals surface area contributed by atoms with E-state index in [1.807, 2.05) is 26.0 Å². The van der Waals surface area contributed by atoms with Gasteiger partial charge in [0.25, 0.3) is 0 Å². The SMILES string of the molecule is CCNC(c1cc(C)cc(F)c1)c1cncc(Br)c1. The molecule has 0 amide bonds. The molecule has 1 unspecified atom stereocenters. The highest BCUT2D eigenvalue weighted by Crippen LogP contribution is 2.25. The molecule has 1 heterocycles. The van der Waals surface area contributed by atoms with Gasteiger partial charge in [0.05, 0.1) is 6.04 Å². The summed E-state index contributed by atoms with van der Waals surface area (Å²) in [4.78, 5) is 4.18. The van der Waals surface area contributed by atoms with Gasteiger partial charge in [0.15, 0.2) is 0 Å². The van der Waals surface area contributed by atoms with Crippen molar-refractivity contribution in [2.45, 2.75) is 19.9 Å². The second kappa shape index (κ2) is 6.26. The van der Waals surface area contributed by atoms with Gasteiger partial charge in [-0.15, -0.1) is 0 Å². The van der Waals surface area contributed by atoms with Gasteiger partial charge in [-0.1, -0.05) is 13.0 Å². The summed E-state index contributed by atoms with van der Waals surface area (Å²) in [5.74, 6) is -0.208. The third-order valence-corrected chi connectivity index (χ3v) is 3.30. The molecule has 0 saturated heterocycles. The van der Waals surface area contributed by atoms with Crippen molar-refractivity contribution in [2.75, 3.05) is 6.54 Å². The summed E-state index contributed by atoms with van der Waals surface area (Å²) >= 11 is 3.42. The minimum Gasteiger partial charge on any atom is -0.306 e. The highest BCUT2D eigenvalue weighted by Gasteiger charge is 2.15. The highest BCUT2D eigenvalue weighted by molar-refractivity contribution is 9.10. The monoisotopic (exact) mass is 322 g/mol. The van der Waals surface area contributed by atoms with Crippen molar-refractivity contribution in [2.24, 2.45) is 0 Å². The molecule has 1 atom stereocenters. The number of hydrogen-bond acceptors (Lipinski definition) is 2. The first kappa shape index (κ1) is 14.2. The third-order valence-electron chi connectivity index (χ3n) is 2.87. The highest BCUT2D eigenvalue weighted by atomic mass is 79.9. The van der Waals surface area contributed by atoms with Crippen LogP contribution >= 0.6 is 15.9 Å². The standard InChI is InChI=1S/C15H16BrFN2/c1-3-19-15(12-6-13(16)9-18-8-12)11-4-10(2)5-14(17)7-11/h4-9,15,19H,3H2,1-2H3. The number of aryl methyl sites for hydroxylation is 1. The first-order valence-corrected chi connectivity index (χ1v) is 7.00. The van der Waals surface area contributed by atoms with Crippen molar-refractivity contribution in [3.05, 3.63) is 63.6 Å². The van der Waals surface area contributed by atoms with E-state index in [0.717, 1.165) is 27.7 Å². The van der Waals surface area contributed by atoms with Gasteiger partial charge in [0, 0.05) is 16.9 Å². The van der Waals surface area contributed by atoms with Crippen LogP contribution in [0.2, 0.25) is 0 Å². The molecule has 0 aliphatic heterocycles. The lowest BCUT2D eigenvalue weighted by atomic mass is 9.98. The van der Waals surface area contributed by atoms with Crippen LogP contribution in [0.5, 0.6) is 0 Å². The number of rotatable bonds is 4. The zero-order valence-corrected chi connectivity index (χ0v) is 12.5. The van der Waals surface area contributed by atoms with Gasteiger partial charge in [0.1, 0.15) is 5.82 Å². The van der Waals surface area contributed by atoms with Crippen LogP contribution in [0.25, 0.3) is 0 Å². The summed E-state index contributed by atoms with van der Waals surface area (Å²) in [5, 5.41) is 3.37. The summed E-state index contributed by atoms with van der Waals surface area (Å²) in [6.45, 7) is 4.73. The molecule has 0 spiro atoms. The number of halogens is 2. The summed E-state index contributed by atoms with van der Waals surface area (Å²) < 4.78 is 14.5. The molecule has 19 heavy (non-hydrogen) atoms. The molecule has 0 radical (unpaired) electrons. The molecule has 0 saturated carbocycles. The minimum atomic E-state index is -0.208. The largest absolute Gasteiger partial charge is 0.306 e. The van der Waals surface area contributed by atoms with Crippen molar-refractivity contribution < 1.29 is 4.39 Å². The van der Waals surface area contributed by atoms with Crippen LogP contribution in [0, 0.1) is 12.7 Å². The lowest BCUT2D eigenvalue weighted by Gasteiger charge is -2.19. The number of aromatic nitrogens is 1. The Labute approximate surface area is 121 Å². The van der Waals surface area contributed by atoms with Gasteiger partial charge in [-0.25, -0.2) is 4.39 Å². The maximum atomic E-state index is 13.6. The third kappa shape index (κ3) is 3.61. The molecule has 0 aliphatic rings. The smallest absolute Gasteiger partial charge is 0.123 e. The first-order valence-electron chi connectivity index (χ1n) is 6.21. The Balaban J connectivity index is 2.44. The van der Waals surface area contributed by atoms with E-state index in [4.69, 9.17) is 0 Å². The van der Waals surface area contributed by atoms with E-state index in [-0.39, 0.29) is 11.9 Å². The lowest BCUT2D eigenvalue weighted by molar-refractivity contribution is 0.601. The van der Waals surface area contributed by atoms with Crippen LogP contribution in [-0.2, 0) is 0 Å². The Morgan fingerprint density at radius 1 is 1.21 bits per heavy atom. The van der Waals surface area contributed by atoms with Crippen molar-refractivity contribution in [3.63, 3.8) is 0 Å². The topological polar surface area (TPSA) is 24.9 Å². The Kier molecular flexibility index (Phi) is 4.66. The second-order valence-electron chi connectivity index (χ2n) is 4.49. The maximum absolute atomic E-state index is 13.6. The molecule has 4 heteroatoms. The van der Waals surface area contributed by atoms with E-state index in [1.165, 1.54) is 6.07 Å². The quantitative estimate of drug-likeness (QED) is 0.920. The van der Waals surface area contributed by atoms with E-state index >= 15 is 0 Å². The molecule has 1 aromatic heterocycles. The summed E-state index contributed by atoms with van der Waals surface area (Å²) in [5.41, 5.74) is 2.85. The van der Waals surface area contributed by atoms with Crippen LogP contribution in [0.15, 0.2) is 41.1 Å². The van der Waals surface area contributed by atoms with Gasteiger partial charge in [-0.05, 0) is 64.3 Å². The lowest BCUT2D eigenvalue weighted by Crippen LogP contribution is -2.22. The van der Waals surface area contributed by atoms with Crippen molar-refractivity contribution >= 4 is 15.9 Å². The second-order valence-corrected chi connectivity index (χ2v) is 5.40. The average molecular weight is 323 g/mol. The van der Waals surface area contributed by atoms with E-state index in [0.29, 0.717) is 0 Å². The zero-order chi connectivity index (χ0) is 13.8. The molecule has 1 aromatic carbocycles. The molecule has 2 nitrogen and oxygen atoms in total. The number of nitrogens with zero attached hydrogens (tertiary/aromatic N) is 1. The van der Waals surface area contributed by atoms with Crippen LogP contribution in [0.1, 0.15) is 29.7 Å². The summed E-state index contributed by atoms with van der Waals surface area (Å²) in [6, 6.07) is 7.05. The molecular formula is C15H16BrFN2. The Morgan fingerprint density at radius 2 is 2.00 bits per heavy atom. The fourth-order valence-corrected chi connectivity index (χ4v) is 2.53. The fraction of sp³-hybridized carbons (Fsp3) is 0.267. The molecule has 0 bridgehead atoms. The van der Waals surface area contributed by atoms with Gasteiger partial charge >= 0.3 is 0 Å². The van der Waals surface area contributed by atoms with Gasteiger partial charge < -0.3 is 5.32 Å². The Morgan fingerprint density at radius 3 is 2.63 bits per heavy atom. The number of pyridine rings is 1. The minimum absolute atomic E-state index is 0.0515. The molecule has 0 fully saturated rings. The molecule has 0 aliphatic carbocycles. The zero-order valence-electron chi connectivity index (χ0n) is 11.0.